The van der Waals surface area contributed by atoms with E-state index in [1.807, 2.05) is 19.9 Å². The minimum Gasteiger partial charge on any atom is -0.347 e. The fourth-order valence-electron chi connectivity index (χ4n) is 2.71. The van der Waals surface area contributed by atoms with Crippen LogP contribution < -0.4 is 10.0 Å². The number of benzene rings is 2. The Balaban J connectivity index is 1.67. The van der Waals surface area contributed by atoms with Crippen LogP contribution in [0, 0.1) is 13.8 Å². The Kier molecular flexibility index (Phi) is 6.07. The molecule has 0 spiro atoms. The van der Waals surface area contributed by atoms with E-state index in [2.05, 4.69) is 10.0 Å². The summed E-state index contributed by atoms with van der Waals surface area (Å²) in [5, 5.41) is 3.33. The van der Waals surface area contributed by atoms with Crippen LogP contribution in [-0.4, -0.2) is 14.3 Å². The summed E-state index contributed by atoms with van der Waals surface area (Å²) in [6, 6.07) is 15.3. The lowest BCUT2D eigenvalue weighted by Gasteiger charge is -2.08. The molecule has 3 rings (SSSR count). The molecular formula is C20H19ClN2O3S2. The summed E-state index contributed by atoms with van der Waals surface area (Å²) in [6.45, 7) is 4.07. The average molecular weight is 435 g/mol. The van der Waals surface area contributed by atoms with Crippen LogP contribution in [0.15, 0.2) is 58.8 Å². The molecule has 3 aromatic rings. The Labute approximate surface area is 173 Å². The van der Waals surface area contributed by atoms with Gasteiger partial charge < -0.3 is 5.32 Å². The fraction of sp³-hybridized carbons (Fsp3) is 0.150. The molecular weight excluding hydrogens is 416 g/mol. The number of carbonyl (C=O) groups is 1. The molecule has 2 N–H and O–H groups in total. The molecule has 8 heteroatoms. The molecule has 2 aromatic carbocycles. The van der Waals surface area contributed by atoms with Gasteiger partial charge in [-0.3, -0.25) is 9.52 Å². The van der Waals surface area contributed by atoms with Crippen LogP contribution in [-0.2, 0) is 16.6 Å². The van der Waals surface area contributed by atoms with Gasteiger partial charge in [0.05, 0.1) is 6.54 Å². The number of rotatable bonds is 6. The van der Waals surface area contributed by atoms with Gasteiger partial charge in [-0.15, -0.1) is 11.3 Å². The third-order valence-corrected chi connectivity index (χ3v) is 7.12. The zero-order valence-electron chi connectivity index (χ0n) is 15.3. The van der Waals surface area contributed by atoms with Crippen LogP contribution in [0.5, 0.6) is 0 Å². The van der Waals surface area contributed by atoms with Crippen molar-refractivity contribution in [3.63, 3.8) is 0 Å². The van der Waals surface area contributed by atoms with E-state index in [-0.39, 0.29) is 16.7 Å². The Hall–Kier alpha value is -2.35. The minimum absolute atomic E-state index is 0.197. The number of thiophene rings is 1. The van der Waals surface area contributed by atoms with Crippen LogP contribution in [0.25, 0.3) is 0 Å². The van der Waals surface area contributed by atoms with Gasteiger partial charge >= 0.3 is 0 Å². The number of carbonyl (C=O) groups excluding carboxylic acids is 1. The molecule has 1 heterocycles. The first-order chi connectivity index (χ1) is 13.2. The summed E-state index contributed by atoms with van der Waals surface area (Å²) in [7, 11) is -3.68. The van der Waals surface area contributed by atoms with Crippen LogP contribution in [0.2, 0.25) is 5.02 Å². The second kappa shape index (κ2) is 8.34. The maximum Gasteiger partial charge on any atom is 0.271 e. The van der Waals surface area contributed by atoms with Gasteiger partial charge in [0.1, 0.15) is 4.21 Å². The Morgan fingerprint density at radius 3 is 2.29 bits per heavy atom. The number of halogens is 1. The first-order valence-corrected chi connectivity index (χ1v) is 11.1. The standard InChI is InChI=1S/C20H19ClN2O3S2/c1-13-9-14(2)11-17(10-13)23-28(25,26)19-8-7-18(27-19)12-22-20(24)15-3-5-16(21)6-4-15/h3-11,23H,12H2,1-2H3,(H,22,24). The molecule has 5 nitrogen and oxygen atoms in total. The monoisotopic (exact) mass is 434 g/mol. The molecule has 0 bridgehead atoms. The van der Waals surface area contributed by atoms with E-state index in [1.165, 1.54) is 0 Å². The maximum absolute atomic E-state index is 12.6. The van der Waals surface area contributed by atoms with Gasteiger partial charge in [-0.05, 0) is 73.5 Å². The summed E-state index contributed by atoms with van der Waals surface area (Å²) in [5.74, 6) is -0.247. The summed E-state index contributed by atoms with van der Waals surface area (Å²) in [4.78, 5) is 12.9. The molecule has 28 heavy (non-hydrogen) atoms. The molecule has 0 radical (unpaired) electrons. The highest BCUT2D eigenvalue weighted by Gasteiger charge is 2.17. The van der Waals surface area contributed by atoms with Gasteiger partial charge in [-0.1, -0.05) is 17.7 Å². The van der Waals surface area contributed by atoms with Crippen LogP contribution in [0.4, 0.5) is 5.69 Å². The Morgan fingerprint density at radius 1 is 1.00 bits per heavy atom. The molecule has 1 amide bonds. The maximum atomic E-state index is 12.6. The van der Waals surface area contributed by atoms with E-state index in [0.29, 0.717) is 16.3 Å². The van der Waals surface area contributed by atoms with Crippen LogP contribution >= 0.6 is 22.9 Å². The van der Waals surface area contributed by atoms with Crippen molar-refractivity contribution in [3.8, 4) is 0 Å². The van der Waals surface area contributed by atoms with Gasteiger partial charge in [0.15, 0.2) is 0 Å². The van der Waals surface area contributed by atoms with Gasteiger partial charge in [0, 0.05) is 21.2 Å². The predicted molar refractivity (Wildman–Crippen MR) is 114 cm³/mol. The third-order valence-electron chi connectivity index (χ3n) is 3.91. The summed E-state index contributed by atoms with van der Waals surface area (Å²) < 4.78 is 28.1. The molecule has 0 unspecified atom stereocenters. The van der Waals surface area contributed by atoms with E-state index in [9.17, 15) is 13.2 Å². The zero-order chi connectivity index (χ0) is 20.3. The van der Waals surface area contributed by atoms with Crippen molar-refractivity contribution < 1.29 is 13.2 Å². The van der Waals surface area contributed by atoms with Crippen molar-refractivity contribution in [1.82, 2.24) is 5.32 Å². The highest BCUT2D eigenvalue weighted by molar-refractivity contribution is 7.94. The molecule has 146 valence electrons. The molecule has 1 aromatic heterocycles. The molecule has 0 fully saturated rings. The summed E-state index contributed by atoms with van der Waals surface area (Å²) >= 11 is 6.94. The lowest BCUT2D eigenvalue weighted by molar-refractivity contribution is 0.0951. The normalized spacial score (nSPS) is 11.2. The molecule has 0 atom stereocenters. The van der Waals surface area contributed by atoms with Gasteiger partial charge in [-0.25, -0.2) is 8.42 Å². The van der Waals surface area contributed by atoms with E-state index >= 15 is 0 Å². The zero-order valence-corrected chi connectivity index (χ0v) is 17.7. The topological polar surface area (TPSA) is 75.3 Å². The predicted octanol–water partition coefficient (Wildman–Crippen LogP) is 4.75. The van der Waals surface area contributed by atoms with Crippen molar-refractivity contribution >= 4 is 44.6 Å². The van der Waals surface area contributed by atoms with E-state index in [4.69, 9.17) is 11.6 Å². The number of anilines is 1. The van der Waals surface area contributed by atoms with Crippen LogP contribution in [0.3, 0.4) is 0 Å². The minimum atomic E-state index is -3.68. The molecule has 0 aliphatic heterocycles. The number of hydrogen-bond donors (Lipinski definition) is 2. The van der Waals surface area contributed by atoms with E-state index in [0.717, 1.165) is 27.3 Å². The third kappa shape index (κ3) is 5.13. The fourth-order valence-corrected chi connectivity index (χ4v) is 5.17. The second-order valence-electron chi connectivity index (χ2n) is 6.39. The Bertz CT molecular complexity index is 1090. The number of aryl methyl sites for hydroxylation is 2. The summed E-state index contributed by atoms with van der Waals surface area (Å²) in [6.07, 6.45) is 0. The van der Waals surface area contributed by atoms with Crippen molar-refractivity contribution in [2.24, 2.45) is 0 Å². The smallest absolute Gasteiger partial charge is 0.271 e. The van der Waals surface area contributed by atoms with E-state index in [1.54, 1.807) is 48.5 Å². The Morgan fingerprint density at radius 2 is 1.64 bits per heavy atom. The SMILES string of the molecule is Cc1cc(C)cc(NS(=O)(=O)c2ccc(CNC(=O)c3ccc(Cl)cc3)s2)c1. The quantitative estimate of drug-likeness (QED) is 0.587. The number of nitrogens with one attached hydrogen (secondary N) is 2. The van der Waals surface area contributed by atoms with E-state index < -0.39 is 10.0 Å². The number of hydrogen-bond acceptors (Lipinski definition) is 4. The lowest BCUT2D eigenvalue weighted by Crippen LogP contribution is -2.22. The lowest BCUT2D eigenvalue weighted by atomic mass is 10.1. The average Bonchev–Trinajstić information content (AvgIpc) is 3.09. The van der Waals surface area contributed by atoms with Crippen molar-refractivity contribution in [3.05, 3.63) is 81.2 Å². The largest absolute Gasteiger partial charge is 0.347 e. The van der Waals surface area contributed by atoms with Gasteiger partial charge in [0.2, 0.25) is 0 Å². The van der Waals surface area contributed by atoms with Gasteiger partial charge in [0.25, 0.3) is 15.9 Å². The molecule has 0 aliphatic rings. The van der Waals surface area contributed by atoms with Crippen molar-refractivity contribution in [2.75, 3.05) is 4.72 Å². The first-order valence-electron chi connectivity index (χ1n) is 8.46. The summed E-state index contributed by atoms with van der Waals surface area (Å²) in [5.41, 5.74) is 2.98. The van der Waals surface area contributed by atoms with Crippen molar-refractivity contribution in [2.45, 2.75) is 24.6 Å². The molecule has 0 saturated carbocycles. The first kappa shape index (κ1) is 20.4. The number of sulfonamides is 1. The van der Waals surface area contributed by atoms with Gasteiger partial charge in [-0.2, -0.15) is 0 Å². The highest BCUT2D eigenvalue weighted by atomic mass is 35.5. The molecule has 0 saturated heterocycles. The van der Waals surface area contributed by atoms with Crippen molar-refractivity contribution in [1.29, 1.82) is 0 Å². The highest BCUT2D eigenvalue weighted by Crippen LogP contribution is 2.25. The number of amides is 1. The second-order valence-corrected chi connectivity index (χ2v) is 9.91. The van der Waals surface area contributed by atoms with Crippen LogP contribution in [0.1, 0.15) is 26.4 Å². The molecule has 0 aliphatic carbocycles.